The smallest absolute Gasteiger partial charge is 0.155 e. The Morgan fingerprint density at radius 3 is 2.28 bits per heavy atom. The topological polar surface area (TPSA) is 42.8 Å². The molecule has 1 atom stereocenters. The maximum Gasteiger partial charge on any atom is 0.155 e. The molecule has 0 saturated carbocycles. The van der Waals surface area contributed by atoms with Gasteiger partial charge in [-0.1, -0.05) is 129 Å². The Balaban J connectivity index is 1.08. The van der Waals surface area contributed by atoms with E-state index in [4.69, 9.17) is 14.4 Å². The maximum absolute atomic E-state index is 6.31. The molecule has 0 N–H and O–H groups in total. The van der Waals surface area contributed by atoms with Gasteiger partial charge in [0.15, 0.2) is 5.84 Å². The van der Waals surface area contributed by atoms with E-state index >= 15 is 0 Å². The number of nitrogens with zero attached hydrogens (tertiary/aromatic N) is 3. The van der Waals surface area contributed by atoms with Crippen LogP contribution in [0.15, 0.2) is 172 Å². The fraction of sp³-hybridized carbons (Fsp3) is 0.102. The lowest BCUT2D eigenvalue weighted by Crippen LogP contribution is -2.17. The van der Waals surface area contributed by atoms with Crippen LogP contribution in [0.25, 0.3) is 60.6 Å². The molecule has 0 radical (unpaired) electrons. The van der Waals surface area contributed by atoms with Crippen molar-refractivity contribution in [2.24, 2.45) is 9.98 Å². The highest BCUT2D eigenvalue weighted by Gasteiger charge is 2.38. The van der Waals surface area contributed by atoms with Crippen LogP contribution in [0.2, 0.25) is 0 Å². The fourth-order valence-electron chi connectivity index (χ4n) is 9.07. The molecule has 0 saturated heterocycles. The van der Waals surface area contributed by atoms with Crippen molar-refractivity contribution in [1.29, 1.82) is 0 Å². The lowest BCUT2D eigenvalue weighted by atomic mass is 9.80. The normalized spacial score (nSPS) is 16.2. The lowest BCUT2D eigenvalue weighted by molar-refractivity contribution is 0.666. The third-order valence-electron chi connectivity index (χ3n) is 11.5. The zero-order chi connectivity index (χ0) is 35.3. The number of benzene rings is 7. The number of rotatable bonds is 4. The van der Waals surface area contributed by atoms with E-state index < -0.39 is 0 Å². The third kappa shape index (κ3) is 4.48. The van der Waals surface area contributed by atoms with Gasteiger partial charge in [-0.15, -0.1) is 0 Å². The molecular weight excluding hydrogens is 647 g/mol. The first kappa shape index (κ1) is 30.1. The summed E-state index contributed by atoms with van der Waals surface area (Å²) in [5.74, 6) is 0.741. The van der Waals surface area contributed by atoms with Crippen LogP contribution in [0.1, 0.15) is 54.1 Å². The number of amidine groups is 1. The van der Waals surface area contributed by atoms with Gasteiger partial charge in [-0.3, -0.25) is 4.99 Å². The van der Waals surface area contributed by atoms with E-state index in [9.17, 15) is 0 Å². The van der Waals surface area contributed by atoms with Crippen molar-refractivity contribution >= 4 is 55.3 Å². The predicted octanol–water partition coefficient (Wildman–Crippen LogP) is 12.4. The van der Waals surface area contributed by atoms with Crippen molar-refractivity contribution < 1.29 is 4.42 Å². The van der Waals surface area contributed by atoms with Gasteiger partial charge in [0.05, 0.1) is 22.8 Å². The average Bonchev–Trinajstić information content (AvgIpc) is 3.83. The minimum Gasteiger partial charge on any atom is -0.456 e. The summed E-state index contributed by atoms with van der Waals surface area (Å²) in [6.45, 7) is 4.74. The van der Waals surface area contributed by atoms with E-state index in [2.05, 4.69) is 164 Å². The Hall–Kier alpha value is -6.52. The Morgan fingerprint density at radius 2 is 1.38 bits per heavy atom. The quantitative estimate of drug-likeness (QED) is 0.182. The highest BCUT2D eigenvalue weighted by molar-refractivity contribution is 6.17. The predicted molar refractivity (Wildman–Crippen MR) is 219 cm³/mol. The number of hydrogen-bond donors (Lipinski definition) is 0. The molecule has 0 spiro atoms. The molecule has 2 aromatic heterocycles. The molecule has 7 aromatic carbocycles. The molecular formula is C49H35N3O. The minimum absolute atomic E-state index is 0.0617. The molecule has 1 aliphatic carbocycles. The molecule has 1 aliphatic heterocycles. The van der Waals surface area contributed by atoms with Gasteiger partial charge in [0.25, 0.3) is 0 Å². The molecule has 53 heavy (non-hydrogen) atoms. The van der Waals surface area contributed by atoms with E-state index in [1.54, 1.807) is 0 Å². The van der Waals surface area contributed by atoms with Crippen molar-refractivity contribution in [3.05, 3.63) is 186 Å². The number of aliphatic imine (C=N–C) groups is 2. The molecule has 11 rings (SSSR count). The van der Waals surface area contributed by atoms with Crippen LogP contribution >= 0.6 is 0 Å². The lowest BCUT2D eigenvalue weighted by Gasteiger charge is -2.22. The summed E-state index contributed by atoms with van der Waals surface area (Å²) in [5.41, 5.74) is 14.8. The Bertz CT molecular complexity index is 3010. The summed E-state index contributed by atoms with van der Waals surface area (Å²) in [7, 11) is 0. The average molecular weight is 682 g/mol. The van der Waals surface area contributed by atoms with Crippen molar-refractivity contribution in [3.8, 4) is 16.8 Å². The van der Waals surface area contributed by atoms with Crippen molar-refractivity contribution in [2.45, 2.75) is 31.7 Å². The first-order chi connectivity index (χ1) is 26.0. The molecule has 4 nitrogen and oxygen atoms in total. The van der Waals surface area contributed by atoms with Crippen LogP contribution in [0.5, 0.6) is 0 Å². The molecule has 0 fully saturated rings. The first-order valence-electron chi connectivity index (χ1n) is 18.4. The Kier molecular flexibility index (Phi) is 6.39. The van der Waals surface area contributed by atoms with Gasteiger partial charge in [-0.25, -0.2) is 4.99 Å². The van der Waals surface area contributed by atoms with Gasteiger partial charge in [-0.05, 0) is 75.8 Å². The second kappa shape index (κ2) is 11.2. The SMILES string of the molecule is CC1(C)c2ccccc2-c2ccc3c(c21)c1ccccc1n3-c1cccc(C2=NC(c3ccccc3)CC(c3ccc4c(c3)oc3ccccc34)=N2)c1. The Labute approximate surface area is 307 Å². The number of hydrogen-bond acceptors (Lipinski definition) is 3. The summed E-state index contributed by atoms with van der Waals surface area (Å²) in [6, 6.07) is 56.4. The summed E-state index contributed by atoms with van der Waals surface area (Å²) >= 11 is 0. The third-order valence-corrected chi connectivity index (χ3v) is 11.5. The zero-order valence-corrected chi connectivity index (χ0v) is 29.5. The summed E-state index contributed by atoms with van der Waals surface area (Å²) < 4.78 is 8.73. The van der Waals surface area contributed by atoms with E-state index in [0.717, 1.165) is 50.3 Å². The van der Waals surface area contributed by atoms with Crippen LogP contribution in [0.4, 0.5) is 0 Å². The summed E-state index contributed by atoms with van der Waals surface area (Å²) in [6.07, 6.45) is 0.703. The number of fused-ring (bicyclic) bond motifs is 10. The highest BCUT2D eigenvalue weighted by atomic mass is 16.3. The van der Waals surface area contributed by atoms with Crippen molar-refractivity contribution in [1.82, 2.24) is 4.57 Å². The minimum atomic E-state index is -0.123. The van der Waals surface area contributed by atoms with Crippen LogP contribution in [-0.2, 0) is 5.41 Å². The van der Waals surface area contributed by atoms with Crippen molar-refractivity contribution in [3.63, 3.8) is 0 Å². The van der Waals surface area contributed by atoms with Gasteiger partial charge in [0, 0.05) is 44.6 Å². The molecule has 0 amide bonds. The van der Waals surface area contributed by atoms with Crippen LogP contribution in [0, 0.1) is 0 Å². The summed E-state index contributed by atoms with van der Waals surface area (Å²) in [5, 5.41) is 4.84. The van der Waals surface area contributed by atoms with Gasteiger partial charge in [-0.2, -0.15) is 0 Å². The summed E-state index contributed by atoms with van der Waals surface area (Å²) in [4.78, 5) is 10.6. The van der Waals surface area contributed by atoms with Crippen LogP contribution < -0.4 is 0 Å². The monoisotopic (exact) mass is 681 g/mol. The van der Waals surface area contributed by atoms with Crippen LogP contribution in [-0.4, -0.2) is 16.1 Å². The second-order valence-electron chi connectivity index (χ2n) is 14.9. The number of aromatic nitrogens is 1. The molecule has 4 heteroatoms. The van der Waals surface area contributed by atoms with Gasteiger partial charge < -0.3 is 8.98 Å². The highest BCUT2D eigenvalue weighted by Crippen LogP contribution is 2.53. The zero-order valence-electron chi connectivity index (χ0n) is 29.5. The molecule has 1 unspecified atom stereocenters. The van der Waals surface area contributed by atoms with Crippen molar-refractivity contribution in [2.75, 3.05) is 0 Å². The van der Waals surface area contributed by atoms with Crippen LogP contribution in [0.3, 0.4) is 0 Å². The van der Waals surface area contributed by atoms with E-state index in [1.807, 2.05) is 12.1 Å². The van der Waals surface area contributed by atoms with E-state index in [-0.39, 0.29) is 11.5 Å². The Morgan fingerprint density at radius 1 is 0.604 bits per heavy atom. The first-order valence-corrected chi connectivity index (χ1v) is 18.4. The van der Waals surface area contributed by atoms with Gasteiger partial charge >= 0.3 is 0 Å². The standard InChI is InChI=1S/C49H35N3O/c1-49(2)39-20-9-6-17-34(39)37-25-26-43-46(47(37)49)38-19-7-10-21-42(38)52(43)33-16-12-15-32(27-33)48-50-40(30-13-4-3-5-14-30)29-41(51-48)31-23-24-36-35-18-8-11-22-44(35)53-45(36)28-31/h3-28,40H,29H2,1-2H3. The van der Waals surface area contributed by atoms with E-state index in [1.165, 1.54) is 49.6 Å². The number of para-hydroxylation sites is 2. The molecule has 0 bridgehead atoms. The van der Waals surface area contributed by atoms with Gasteiger partial charge in [0.1, 0.15) is 11.2 Å². The molecule has 2 aliphatic rings. The number of furan rings is 1. The second-order valence-corrected chi connectivity index (χ2v) is 14.9. The molecule has 9 aromatic rings. The van der Waals surface area contributed by atoms with Gasteiger partial charge in [0.2, 0.25) is 0 Å². The molecule has 3 heterocycles. The molecule has 252 valence electrons. The fourth-order valence-corrected chi connectivity index (χ4v) is 9.07. The van der Waals surface area contributed by atoms with E-state index in [0.29, 0.717) is 6.42 Å². The maximum atomic E-state index is 6.31. The largest absolute Gasteiger partial charge is 0.456 e.